The summed E-state index contributed by atoms with van der Waals surface area (Å²) in [7, 11) is 5.28. The monoisotopic (exact) mass is 144 g/mol. The SMILES string of the molecule is CNC(C)(C)C(=O)N(C)C. The highest BCUT2D eigenvalue weighted by Crippen LogP contribution is 2.03. The van der Waals surface area contributed by atoms with Crippen molar-refractivity contribution in [2.45, 2.75) is 19.4 Å². The zero-order chi connectivity index (χ0) is 8.36. The minimum atomic E-state index is -0.441. The normalized spacial score (nSPS) is 11.3. The number of carbonyl (C=O) groups excluding carboxylic acids is 1. The van der Waals surface area contributed by atoms with E-state index in [0.717, 1.165) is 0 Å². The highest BCUT2D eigenvalue weighted by molar-refractivity contribution is 5.84. The first kappa shape index (κ1) is 9.43. The smallest absolute Gasteiger partial charge is 0.241 e. The summed E-state index contributed by atoms with van der Waals surface area (Å²) in [6.07, 6.45) is 0. The zero-order valence-corrected chi connectivity index (χ0v) is 7.36. The van der Waals surface area contributed by atoms with Gasteiger partial charge >= 0.3 is 0 Å². The van der Waals surface area contributed by atoms with Crippen LogP contribution in [0.25, 0.3) is 0 Å². The second-order valence-electron chi connectivity index (χ2n) is 3.07. The lowest BCUT2D eigenvalue weighted by Gasteiger charge is -2.26. The fourth-order valence-electron chi connectivity index (χ4n) is 0.666. The van der Waals surface area contributed by atoms with Crippen LogP contribution in [0.15, 0.2) is 0 Å². The molecule has 0 aromatic rings. The Hall–Kier alpha value is -0.570. The van der Waals surface area contributed by atoms with Crippen molar-refractivity contribution in [3.8, 4) is 0 Å². The molecule has 60 valence electrons. The van der Waals surface area contributed by atoms with Crippen molar-refractivity contribution in [2.75, 3.05) is 21.1 Å². The molecule has 0 saturated heterocycles. The van der Waals surface area contributed by atoms with Gasteiger partial charge in [-0.25, -0.2) is 0 Å². The highest BCUT2D eigenvalue weighted by Gasteiger charge is 2.26. The molecule has 0 aromatic heterocycles. The van der Waals surface area contributed by atoms with E-state index in [-0.39, 0.29) is 5.91 Å². The average Bonchev–Trinajstić information content (AvgIpc) is 1.86. The van der Waals surface area contributed by atoms with Crippen LogP contribution in [-0.2, 0) is 4.79 Å². The van der Waals surface area contributed by atoms with Gasteiger partial charge in [-0.3, -0.25) is 4.79 Å². The molecule has 0 atom stereocenters. The molecule has 0 fully saturated rings. The van der Waals surface area contributed by atoms with Gasteiger partial charge in [0.05, 0.1) is 5.54 Å². The molecule has 0 aliphatic rings. The van der Waals surface area contributed by atoms with Gasteiger partial charge in [-0.05, 0) is 20.9 Å². The van der Waals surface area contributed by atoms with E-state index in [1.54, 1.807) is 26.0 Å². The first-order chi connectivity index (χ1) is 4.41. The van der Waals surface area contributed by atoms with E-state index in [1.807, 2.05) is 13.8 Å². The number of amides is 1. The lowest BCUT2D eigenvalue weighted by Crippen LogP contribution is -2.50. The third-order valence-corrected chi connectivity index (χ3v) is 1.57. The predicted molar refractivity (Wildman–Crippen MR) is 41.8 cm³/mol. The second kappa shape index (κ2) is 3.01. The van der Waals surface area contributed by atoms with Gasteiger partial charge in [-0.1, -0.05) is 0 Å². The maximum Gasteiger partial charge on any atom is 0.241 e. The molecule has 10 heavy (non-hydrogen) atoms. The molecular formula is C7H16N2O. The molecule has 0 aliphatic carbocycles. The van der Waals surface area contributed by atoms with Crippen LogP contribution in [0.4, 0.5) is 0 Å². The summed E-state index contributed by atoms with van der Waals surface area (Å²) in [6.45, 7) is 3.71. The largest absolute Gasteiger partial charge is 0.347 e. The molecule has 3 heteroatoms. The Morgan fingerprint density at radius 3 is 1.90 bits per heavy atom. The number of nitrogens with one attached hydrogen (secondary N) is 1. The number of likely N-dealkylation sites (N-methyl/N-ethyl adjacent to an activating group) is 2. The Balaban J connectivity index is 4.19. The molecule has 0 heterocycles. The maximum atomic E-state index is 11.3. The number of carbonyl (C=O) groups is 1. The van der Waals surface area contributed by atoms with Gasteiger partial charge in [0, 0.05) is 14.1 Å². The summed E-state index contributed by atoms with van der Waals surface area (Å²) in [4.78, 5) is 12.8. The number of nitrogens with zero attached hydrogens (tertiary/aromatic N) is 1. The van der Waals surface area contributed by atoms with Crippen LogP contribution in [0.2, 0.25) is 0 Å². The molecule has 0 rings (SSSR count). The van der Waals surface area contributed by atoms with Gasteiger partial charge in [-0.2, -0.15) is 0 Å². The Kier molecular flexibility index (Phi) is 2.84. The fraction of sp³-hybridized carbons (Fsp3) is 0.857. The lowest BCUT2D eigenvalue weighted by molar-refractivity contribution is -0.134. The molecule has 0 unspecified atom stereocenters. The van der Waals surface area contributed by atoms with E-state index in [2.05, 4.69) is 5.32 Å². The van der Waals surface area contributed by atoms with Crippen molar-refractivity contribution in [1.29, 1.82) is 0 Å². The molecule has 1 amide bonds. The fourth-order valence-corrected chi connectivity index (χ4v) is 0.666. The van der Waals surface area contributed by atoms with Crippen LogP contribution in [-0.4, -0.2) is 37.5 Å². The molecule has 0 aliphatic heterocycles. The third kappa shape index (κ3) is 1.99. The summed E-state index contributed by atoms with van der Waals surface area (Å²) in [5.74, 6) is 0.0926. The Morgan fingerprint density at radius 2 is 1.80 bits per heavy atom. The average molecular weight is 144 g/mol. The summed E-state index contributed by atoms with van der Waals surface area (Å²) in [5, 5.41) is 2.93. The minimum absolute atomic E-state index is 0.0926. The Morgan fingerprint density at radius 1 is 1.40 bits per heavy atom. The Bertz CT molecular complexity index is 130. The molecule has 0 radical (unpaired) electrons. The van der Waals surface area contributed by atoms with E-state index >= 15 is 0 Å². The van der Waals surface area contributed by atoms with Crippen LogP contribution < -0.4 is 5.32 Å². The van der Waals surface area contributed by atoms with E-state index in [4.69, 9.17) is 0 Å². The van der Waals surface area contributed by atoms with Crippen LogP contribution in [0.5, 0.6) is 0 Å². The molecule has 0 bridgehead atoms. The van der Waals surface area contributed by atoms with Crippen LogP contribution in [0.3, 0.4) is 0 Å². The van der Waals surface area contributed by atoms with Crippen molar-refractivity contribution in [1.82, 2.24) is 10.2 Å². The minimum Gasteiger partial charge on any atom is -0.347 e. The number of hydrogen-bond acceptors (Lipinski definition) is 2. The van der Waals surface area contributed by atoms with Crippen molar-refractivity contribution < 1.29 is 4.79 Å². The molecule has 1 N–H and O–H groups in total. The van der Waals surface area contributed by atoms with Crippen LogP contribution in [0.1, 0.15) is 13.8 Å². The molecule has 3 nitrogen and oxygen atoms in total. The number of hydrogen-bond donors (Lipinski definition) is 1. The summed E-state index contributed by atoms with van der Waals surface area (Å²) >= 11 is 0. The van der Waals surface area contributed by atoms with E-state index in [9.17, 15) is 4.79 Å². The second-order valence-corrected chi connectivity index (χ2v) is 3.07. The van der Waals surface area contributed by atoms with Gasteiger partial charge in [0.1, 0.15) is 0 Å². The Labute approximate surface area is 62.4 Å². The maximum absolute atomic E-state index is 11.3. The van der Waals surface area contributed by atoms with Gasteiger partial charge < -0.3 is 10.2 Å². The van der Waals surface area contributed by atoms with Crippen molar-refractivity contribution in [2.24, 2.45) is 0 Å². The van der Waals surface area contributed by atoms with Gasteiger partial charge in [-0.15, -0.1) is 0 Å². The zero-order valence-electron chi connectivity index (χ0n) is 7.36. The standard InChI is InChI=1S/C7H16N2O/c1-7(2,8-3)6(10)9(4)5/h8H,1-5H3. The van der Waals surface area contributed by atoms with Gasteiger partial charge in [0.25, 0.3) is 0 Å². The van der Waals surface area contributed by atoms with Gasteiger partial charge in [0.2, 0.25) is 5.91 Å². The molecular weight excluding hydrogens is 128 g/mol. The highest BCUT2D eigenvalue weighted by atomic mass is 16.2. The lowest BCUT2D eigenvalue weighted by atomic mass is 10.1. The van der Waals surface area contributed by atoms with Crippen LogP contribution >= 0.6 is 0 Å². The van der Waals surface area contributed by atoms with Crippen LogP contribution in [0, 0.1) is 0 Å². The van der Waals surface area contributed by atoms with Crippen molar-refractivity contribution >= 4 is 5.91 Å². The van der Waals surface area contributed by atoms with E-state index in [1.165, 1.54) is 0 Å². The predicted octanol–water partition coefficient (Wildman–Crippen LogP) is 0.0726. The quantitative estimate of drug-likeness (QED) is 0.595. The van der Waals surface area contributed by atoms with E-state index in [0.29, 0.717) is 0 Å². The first-order valence-corrected chi connectivity index (χ1v) is 3.32. The summed E-state index contributed by atoms with van der Waals surface area (Å²) in [6, 6.07) is 0. The third-order valence-electron chi connectivity index (χ3n) is 1.57. The van der Waals surface area contributed by atoms with Gasteiger partial charge in [0.15, 0.2) is 0 Å². The van der Waals surface area contributed by atoms with Crippen molar-refractivity contribution in [3.05, 3.63) is 0 Å². The first-order valence-electron chi connectivity index (χ1n) is 3.32. The number of rotatable bonds is 2. The van der Waals surface area contributed by atoms with Crippen molar-refractivity contribution in [3.63, 3.8) is 0 Å². The molecule has 0 spiro atoms. The summed E-state index contributed by atoms with van der Waals surface area (Å²) < 4.78 is 0. The summed E-state index contributed by atoms with van der Waals surface area (Å²) in [5.41, 5.74) is -0.441. The molecule has 0 saturated carbocycles. The topological polar surface area (TPSA) is 32.3 Å². The molecule has 0 aromatic carbocycles. The van der Waals surface area contributed by atoms with E-state index < -0.39 is 5.54 Å².